The lowest BCUT2D eigenvalue weighted by molar-refractivity contribution is 0.613. The number of nitrogens with zero attached hydrogens (tertiary/aromatic N) is 2. The van der Waals surface area contributed by atoms with Crippen molar-refractivity contribution in [2.45, 2.75) is 13.0 Å². The van der Waals surface area contributed by atoms with Gasteiger partial charge >= 0.3 is 0 Å². The summed E-state index contributed by atoms with van der Waals surface area (Å²) in [5.41, 5.74) is 0.869. The highest BCUT2D eigenvalue weighted by molar-refractivity contribution is 6.35. The van der Waals surface area contributed by atoms with E-state index in [1.165, 1.54) is 0 Å². The van der Waals surface area contributed by atoms with E-state index >= 15 is 0 Å². The molecule has 0 spiro atoms. The maximum Gasteiger partial charge on any atom is 0.223 e. The summed E-state index contributed by atoms with van der Waals surface area (Å²) >= 11 is 11.9. The van der Waals surface area contributed by atoms with Gasteiger partial charge in [0.1, 0.15) is 0 Å². The normalized spacial score (nSPS) is 12.2. The average Bonchev–Trinajstić information content (AvgIpc) is 2.32. The van der Waals surface area contributed by atoms with Crippen LogP contribution < -0.4 is 5.32 Å². The zero-order valence-corrected chi connectivity index (χ0v) is 11.0. The molecule has 6 heteroatoms. The van der Waals surface area contributed by atoms with Crippen LogP contribution in [-0.2, 0) is 0 Å². The third kappa shape index (κ3) is 3.09. The van der Waals surface area contributed by atoms with Gasteiger partial charge in [0.25, 0.3) is 0 Å². The molecule has 18 heavy (non-hydrogen) atoms. The molecule has 94 valence electrons. The van der Waals surface area contributed by atoms with Crippen LogP contribution in [-0.4, -0.2) is 9.97 Å². The van der Waals surface area contributed by atoms with Crippen LogP contribution in [0.2, 0.25) is 10.0 Å². The Bertz CT molecular complexity index is 546. The van der Waals surface area contributed by atoms with Crippen molar-refractivity contribution in [1.82, 2.24) is 9.97 Å². The summed E-state index contributed by atoms with van der Waals surface area (Å²) in [6.45, 7) is 1.90. The Labute approximate surface area is 114 Å². The fraction of sp³-hybridized carbons (Fsp3) is 0.167. The highest BCUT2D eigenvalue weighted by atomic mass is 35.5. The van der Waals surface area contributed by atoms with Gasteiger partial charge < -0.3 is 5.32 Å². The van der Waals surface area contributed by atoms with Gasteiger partial charge in [0, 0.05) is 10.0 Å². The molecule has 1 heterocycles. The molecule has 3 nitrogen and oxygen atoms in total. The summed E-state index contributed by atoms with van der Waals surface area (Å²) in [5.74, 6) is -0.132. The van der Waals surface area contributed by atoms with E-state index < -0.39 is 5.82 Å². The monoisotopic (exact) mass is 285 g/mol. The molecular weight excluding hydrogens is 276 g/mol. The molecule has 1 aromatic heterocycles. The van der Waals surface area contributed by atoms with Crippen molar-refractivity contribution in [3.63, 3.8) is 0 Å². The van der Waals surface area contributed by atoms with Gasteiger partial charge in [-0.2, -0.15) is 0 Å². The Morgan fingerprint density at radius 1 is 1.22 bits per heavy atom. The molecule has 0 bridgehead atoms. The van der Waals surface area contributed by atoms with Crippen molar-refractivity contribution in [3.05, 3.63) is 52.0 Å². The molecule has 0 saturated carbocycles. The second-order valence-electron chi connectivity index (χ2n) is 3.76. The third-order valence-electron chi connectivity index (χ3n) is 2.39. The lowest BCUT2D eigenvalue weighted by Crippen LogP contribution is -2.09. The van der Waals surface area contributed by atoms with Crippen LogP contribution in [0.3, 0.4) is 0 Å². The number of halogens is 3. The molecule has 1 aromatic carbocycles. The molecule has 1 N–H and O–H groups in total. The number of anilines is 1. The first-order chi connectivity index (χ1) is 8.56. The number of rotatable bonds is 3. The van der Waals surface area contributed by atoms with Crippen LogP contribution in [0.1, 0.15) is 18.5 Å². The van der Waals surface area contributed by atoms with Gasteiger partial charge in [-0.1, -0.05) is 29.3 Å². The van der Waals surface area contributed by atoms with Crippen molar-refractivity contribution < 1.29 is 4.39 Å². The predicted molar refractivity (Wildman–Crippen MR) is 70.5 cm³/mol. The summed E-state index contributed by atoms with van der Waals surface area (Å²) in [6, 6.07) is 5.14. The number of aromatic nitrogens is 2. The smallest absolute Gasteiger partial charge is 0.223 e. The summed E-state index contributed by atoms with van der Waals surface area (Å²) in [7, 11) is 0. The number of nitrogens with one attached hydrogen (secondary N) is 1. The molecule has 0 aliphatic carbocycles. The van der Waals surface area contributed by atoms with Gasteiger partial charge in [0.2, 0.25) is 5.95 Å². The minimum Gasteiger partial charge on any atom is -0.348 e. The Balaban J connectivity index is 2.16. The highest BCUT2D eigenvalue weighted by Crippen LogP contribution is 2.27. The fourth-order valence-corrected chi connectivity index (χ4v) is 2.08. The molecule has 0 aliphatic rings. The zero-order valence-electron chi connectivity index (χ0n) is 9.49. The summed E-state index contributed by atoms with van der Waals surface area (Å²) in [4.78, 5) is 7.65. The van der Waals surface area contributed by atoms with E-state index in [9.17, 15) is 4.39 Å². The van der Waals surface area contributed by atoms with E-state index in [1.807, 2.05) is 13.0 Å². The Hall–Kier alpha value is -1.39. The molecule has 2 aromatic rings. The van der Waals surface area contributed by atoms with Crippen LogP contribution in [0.15, 0.2) is 30.6 Å². The topological polar surface area (TPSA) is 37.8 Å². The van der Waals surface area contributed by atoms with Crippen molar-refractivity contribution >= 4 is 29.2 Å². The van der Waals surface area contributed by atoms with Crippen molar-refractivity contribution in [3.8, 4) is 0 Å². The molecule has 1 atom stereocenters. The number of hydrogen-bond acceptors (Lipinski definition) is 3. The fourth-order valence-electron chi connectivity index (χ4n) is 1.51. The minimum absolute atomic E-state index is 0.111. The maximum atomic E-state index is 12.7. The summed E-state index contributed by atoms with van der Waals surface area (Å²) in [5, 5.41) is 4.17. The first-order valence-electron chi connectivity index (χ1n) is 5.25. The van der Waals surface area contributed by atoms with Gasteiger partial charge in [-0.25, -0.2) is 14.4 Å². The summed E-state index contributed by atoms with van der Waals surface area (Å²) < 4.78 is 12.7. The van der Waals surface area contributed by atoms with Crippen molar-refractivity contribution in [2.75, 3.05) is 5.32 Å². The van der Waals surface area contributed by atoms with E-state index in [4.69, 9.17) is 23.2 Å². The zero-order chi connectivity index (χ0) is 13.1. The van der Waals surface area contributed by atoms with E-state index in [1.54, 1.807) is 12.1 Å². The second-order valence-corrected chi connectivity index (χ2v) is 4.60. The van der Waals surface area contributed by atoms with Crippen LogP contribution in [0.25, 0.3) is 0 Å². The molecule has 0 fully saturated rings. The highest BCUT2D eigenvalue weighted by Gasteiger charge is 2.11. The second kappa shape index (κ2) is 5.50. The molecule has 0 aliphatic heterocycles. The van der Waals surface area contributed by atoms with Gasteiger partial charge in [0.05, 0.1) is 18.4 Å². The molecule has 2 rings (SSSR count). The van der Waals surface area contributed by atoms with Crippen LogP contribution in [0.4, 0.5) is 10.3 Å². The SMILES string of the molecule is C[C@H](Nc1ncc(F)cn1)c1ccc(Cl)cc1Cl. The molecular formula is C12H10Cl2FN3. The van der Waals surface area contributed by atoms with Gasteiger partial charge in [-0.05, 0) is 24.6 Å². The van der Waals surface area contributed by atoms with Gasteiger partial charge in [-0.15, -0.1) is 0 Å². The lowest BCUT2D eigenvalue weighted by Gasteiger charge is -2.15. The van der Waals surface area contributed by atoms with Crippen LogP contribution in [0, 0.1) is 5.82 Å². The van der Waals surface area contributed by atoms with Crippen molar-refractivity contribution in [2.24, 2.45) is 0 Å². The number of hydrogen-bond donors (Lipinski definition) is 1. The molecule has 0 saturated heterocycles. The van der Waals surface area contributed by atoms with Gasteiger partial charge in [0.15, 0.2) is 5.82 Å². The van der Waals surface area contributed by atoms with E-state index in [2.05, 4.69) is 15.3 Å². The Morgan fingerprint density at radius 2 is 1.89 bits per heavy atom. The van der Waals surface area contributed by atoms with E-state index in [0.717, 1.165) is 18.0 Å². The molecule has 0 radical (unpaired) electrons. The first-order valence-corrected chi connectivity index (χ1v) is 6.01. The van der Waals surface area contributed by atoms with Gasteiger partial charge in [-0.3, -0.25) is 0 Å². The molecule has 0 amide bonds. The maximum absolute atomic E-state index is 12.7. The quantitative estimate of drug-likeness (QED) is 0.923. The standard InChI is InChI=1S/C12H10Cl2FN3/c1-7(10-3-2-8(13)4-11(10)14)18-12-16-5-9(15)6-17-12/h2-7H,1H3,(H,16,17,18)/t7-/m0/s1. The lowest BCUT2D eigenvalue weighted by atomic mass is 10.1. The number of benzene rings is 1. The van der Waals surface area contributed by atoms with Crippen molar-refractivity contribution in [1.29, 1.82) is 0 Å². The Kier molecular flexibility index (Phi) is 3.99. The summed E-state index contributed by atoms with van der Waals surface area (Å²) in [6.07, 6.45) is 2.21. The van der Waals surface area contributed by atoms with Crippen LogP contribution in [0.5, 0.6) is 0 Å². The predicted octanol–water partition coefficient (Wildman–Crippen LogP) is 4.10. The van der Waals surface area contributed by atoms with E-state index in [-0.39, 0.29) is 6.04 Å². The molecule has 0 unspecified atom stereocenters. The van der Waals surface area contributed by atoms with Crippen LogP contribution >= 0.6 is 23.2 Å². The minimum atomic E-state index is -0.474. The van der Waals surface area contributed by atoms with E-state index in [0.29, 0.717) is 16.0 Å². The third-order valence-corrected chi connectivity index (χ3v) is 2.96. The Morgan fingerprint density at radius 3 is 2.50 bits per heavy atom. The first kappa shape index (κ1) is 13.1. The largest absolute Gasteiger partial charge is 0.348 e. The average molecular weight is 286 g/mol.